The first-order chi connectivity index (χ1) is 13.5. The van der Waals surface area contributed by atoms with Gasteiger partial charge in [0.05, 0.1) is 13.2 Å². The van der Waals surface area contributed by atoms with Gasteiger partial charge in [0, 0.05) is 11.1 Å². The lowest BCUT2D eigenvalue weighted by Gasteiger charge is -2.10. The topological polar surface area (TPSA) is 106 Å². The molecule has 0 spiro atoms. The average molecular weight is 377 g/mol. The number of nitrogens with one attached hydrogen (secondary N) is 2. The summed E-state index contributed by atoms with van der Waals surface area (Å²) in [5.74, 6) is 2.18. The minimum atomic E-state index is -0.324. The predicted octanol–water partition coefficient (Wildman–Crippen LogP) is 3.42. The lowest BCUT2D eigenvalue weighted by atomic mass is 10.2. The summed E-state index contributed by atoms with van der Waals surface area (Å²) >= 11 is 0. The Kier molecular flexibility index (Phi) is 4.52. The number of amides is 1. The fraction of sp³-hybridized carbons (Fsp3) is 0.200. The number of H-pyrrole nitrogens is 1. The zero-order valence-corrected chi connectivity index (χ0v) is 15.7. The molecule has 2 aromatic carbocycles. The first-order valence-electron chi connectivity index (χ1n) is 8.78. The number of hydrogen-bond donors (Lipinski definition) is 2. The van der Waals surface area contributed by atoms with Crippen molar-refractivity contribution in [1.82, 2.24) is 25.5 Å². The number of rotatable bonds is 5. The molecule has 0 bridgehead atoms. The van der Waals surface area contributed by atoms with Gasteiger partial charge in [0.2, 0.25) is 5.89 Å². The Morgan fingerprint density at radius 3 is 2.82 bits per heavy atom. The second-order valence-corrected chi connectivity index (χ2v) is 6.41. The van der Waals surface area contributed by atoms with Crippen LogP contribution in [0.3, 0.4) is 0 Å². The van der Waals surface area contributed by atoms with Crippen LogP contribution in [0, 0.1) is 6.92 Å². The highest BCUT2D eigenvalue weighted by atomic mass is 16.5. The molecule has 0 unspecified atom stereocenters. The number of nitrogens with zero attached hydrogens (tertiary/aromatic N) is 3. The molecule has 4 rings (SSSR count). The summed E-state index contributed by atoms with van der Waals surface area (Å²) in [4.78, 5) is 21.3. The average Bonchev–Trinajstić information content (AvgIpc) is 3.33. The van der Waals surface area contributed by atoms with E-state index in [-0.39, 0.29) is 11.9 Å². The fourth-order valence-corrected chi connectivity index (χ4v) is 2.84. The zero-order chi connectivity index (χ0) is 19.7. The number of benzene rings is 2. The lowest BCUT2D eigenvalue weighted by Crippen LogP contribution is -2.27. The summed E-state index contributed by atoms with van der Waals surface area (Å²) in [5, 5.41) is 9.72. The highest BCUT2D eigenvalue weighted by Gasteiger charge is 2.17. The van der Waals surface area contributed by atoms with E-state index in [4.69, 9.17) is 9.15 Å². The standard InChI is InChI=1S/C20H19N5O3/c1-11(18-22-12(2)24-25-18)21-19(26)13-7-8-16-17(10-13)28-20(23-16)14-5-4-6-15(9-14)27-3/h4-11H,1-3H3,(H,21,26)(H,22,24,25)/t11-/m0/s1. The Morgan fingerprint density at radius 2 is 2.07 bits per heavy atom. The van der Waals surface area contributed by atoms with Crippen molar-refractivity contribution >= 4 is 17.0 Å². The van der Waals surface area contributed by atoms with Gasteiger partial charge in [-0.15, -0.1) is 0 Å². The minimum absolute atomic E-state index is 0.240. The van der Waals surface area contributed by atoms with Crippen molar-refractivity contribution in [1.29, 1.82) is 0 Å². The Labute approximate surface area is 161 Å². The van der Waals surface area contributed by atoms with Crippen molar-refractivity contribution in [3.63, 3.8) is 0 Å². The molecule has 8 nitrogen and oxygen atoms in total. The van der Waals surface area contributed by atoms with Crippen LogP contribution in [0.25, 0.3) is 22.6 Å². The minimum Gasteiger partial charge on any atom is -0.497 e. The lowest BCUT2D eigenvalue weighted by molar-refractivity contribution is 0.0938. The maximum Gasteiger partial charge on any atom is 0.251 e. The van der Waals surface area contributed by atoms with E-state index in [9.17, 15) is 4.79 Å². The molecule has 2 aromatic heterocycles. The Balaban J connectivity index is 1.58. The molecule has 2 N–H and O–H groups in total. The van der Waals surface area contributed by atoms with E-state index in [1.54, 1.807) is 25.3 Å². The Hall–Kier alpha value is -3.68. The second kappa shape index (κ2) is 7.15. The smallest absolute Gasteiger partial charge is 0.251 e. The van der Waals surface area contributed by atoms with Gasteiger partial charge in [0.1, 0.15) is 17.1 Å². The molecule has 1 atom stereocenters. The van der Waals surface area contributed by atoms with Gasteiger partial charge in [-0.1, -0.05) is 6.07 Å². The van der Waals surface area contributed by atoms with E-state index < -0.39 is 0 Å². The largest absolute Gasteiger partial charge is 0.497 e. The van der Waals surface area contributed by atoms with Gasteiger partial charge in [-0.05, 0) is 50.2 Å². The Bertz CT molecular complexity index is 1150. The molecule has 28 heavy (non-hydrogen) atoms. The van der Waals surface area contributed by atoms with Crippen LogP contribution in [-0.2, 0) is 0 Å². The van der Waals surface area contributed by atoms with E-state index in [0.717, 1.165) is 11.3 Å². The van der Waals surface area contributed by atoms with Crippen LogP contribution >= 0.6 is 0 Å². The molecule has 8 heteroatoms. The van der Waals surface area contributed by atoms with Crippen molar-refractivity contribution in [2.75, 3.05) is 7.11 Å². The maximum absolute atomic E-state index is 12.6. The molecular weight excluding hydrogens is 358 g/mol. The summed E-state index contributed by atoms with van der Waals surface area (Å²) in [5.41, 5.74) is 2.48. The molecule has 0 aliphatic carbocycles. The number of fused-ring (bicyclic) bond motifs is 1. The van der Waals surface area contributed by atoms with Crippen LogP contribution in [0.2, 0.25) is 0 Å². The van der Waals surface area contributed by atoms with Crippen LogP contribution in [0.15, 0.2) is 46.9 Å². The van der Waals surface area contributed by atoms with E-state index in [2.05, 4.69) is 25.5 Å². The van der Waals surface area contributed by atoms with Gasteiger partial charge < -0.3 is 14.5 Å². The van der Waals surface area contributed by atoms with E-state index in [1.807, 2.05) is 38.1 Å². The molecule has 0 radical (unpaired) electrons. The van der Waals surface area contributed by atoms with Crippen molar-refractivity contribution in [2.24, 2.45) is 0 Å². The molecule has 0 saturated carbocycles. The Morgan fingerprint density at radius 1 is 1.21 bits per heavy atom. The van der Waals surface area contributed by atoms with Gasteiger partial charge in [0.25, 0.3) is 5.91 Å². The van der Waals surface area contributed by atoms with Gasteiger partial charge in [-0.3, -0.25) is 9.89 Å². The molecule has 0 aliphatic rings. The number of aromatic nitrogens is 4. The first kappa shape index (κ1) is 17.7. The monoisotopic (exact) mass is 377 g/mol. The molecule has 0 fully saturated rings. The van der Waals surface area contributed by atoms with Crippen molar-refractivity contribution in [2.45, 2.75) is 19.9 Å². The SMILES string of the molecule is COc1cccc(-c2nc3ccc(C(=O)N[C@@H](C)c4n[nH]c(C)n4)cc3o2)c1. The van der Waals surface area contributed by atoms with E-state index in [0.29, 0.717) is 34.2 Å². The highest BCUT2D eigenvalue weighted by Crippen LogP contribution is 2.27. The normalized spacial score (nSPS) is 12.1. The molecule has 142 valence electrons. The number of aryl methyl sites for hydroxylation is 1. The number of aromatic amines is 1. The third kappa shape index (κ3) is 3.44. The number of methoxy groups -OCH3 is 1. The predicted molar refractivity (Wildman–Crippen MR) is 103 cm³/mol. The molecule has 2 heterocycles. The quantitative estimate of drug-likeness (QED) is 0.552. The summed E-state index contributed by atoms with van der Waals surface area (Å²) in [6.45, 7) is 3.64. The number of carbonyl (C=O) groups excluding carboxylic acids is 1. The van der Waals surface area contributed by atoms with Crippen LogP contribution < -0.4 is 10.1 Å². The third-order valence-electron chi connectivity index (χ3n) is 4.32. The molecule has 1 amide bonds. The fourth-order valence-electron chi connectivity index (χ4n) is 2.84. The number of oxazole rings is 1. The maximum atomic E-state index is 12.6. The van der Waals surface area contributed by atoms with Crippen molar-refractivity contribution in [3.05, 3.63) is 59.7 Å². The summed E-state index contributed by atoms with van der Waals surface area (Å²) in [6.07, 6.45) is 0. The molecule has 4 aromatic rings. The van der Waals surface area contributed by atoms with Crippen molar-refractivity contribution < 1.29 is 13.9 Å². The number of carbonyl (C=O) groups is 1. The summed E-state index contributed by atoms with van der Waals surface area (Å²) < 4.78 is 11.1. The van der Waals surface area contributed by atoms with E-state index in [1.165, 1.54) is 0 Å². The third-order valence-corrected chi connectivity index (χ3v) is 4.32. The van der Waals surface area contributed by atoms with Crippen LogP contribution in [0.5, 0.6) is 5.75 Å². The molecular formula is C20H19N5O3. The molecule has 0 aliphatic heterocycles. The van der Waals surface area contributed by atoms with Gasteiger partial charge >= 0.3 is 0 Å². The first-order valence-corrected chi connectivity index (χ1v) is 8.78. The van der Waals surface area contributed by atoms with Crippen LogP contribution in [0.1, 0.15) is 35.0 Å². The van der Waals surface area contributed by atoms with Crippen molar-refractivity contribution in [3.8, 4) is 17.2 Å². The molecule has 0 saturated heterocycles. The zero-order valence-electron chi connectivity index (χ0n) is 15.7. The highest BCUT2D eigenvalue weighted by molar-refractivity contribution is 5.97. The van der Waals surface area contributed by atoms with Gasteiger partial charge in [-0.2, -0.15) is 5.10 Å². The van der Waals surface area contributed by atoms with Gasteiger partial charge in [0.15, 0.2) is 11.4 Å². The second-order valence-electron chi connectivity index (χ2n) is 6.41. The van der Waals surface area contributed by atoms with E-state index >= 15 is 0 Å². The number of ether oxygens (including phenoxy) is 1. The van der Waals surface area contributed by atoms with Crippen LogP contribution in [0.4, 0.5) is 0 Å². The summed E-state index contributed by atoms with van der Waals surface area (Å²) in [7, 11) is 1.61. The number of hydrogen-bond acceptors (Lipinski definition) is 6. The van der Waals surface area contributed by atoms with Gasteiger partial charge in [-0.25, -0.2) is 9.97 Å². The van der Waals surface area contributed by atoms with Crippen LogP contribution in [-0.4, -0.2) is 33.2 Å². The summed E-state index contributed by atoms with van der Waals surface area (Å²) in [6, 6.07) is 12.3.